The Morgan fingerprint density at radius 2 is 2.00 bits per heavy atom. The summed E-state index contributed by atoms with van der Waals surface area (Å²) in [7, 11) is 0. The van der Waals surface area contributed by atoms with Crippen LogP contribution in [0.15, 0.2) is 30.3 Å². The number of aryl methyl sites for hydroxylation is 1. The number of benzene rings is 1. The van der Waals surface area contributed by atoms with Crippen molar-refractivity contribution in [3.8, 4) is 0 Å². The van der Waals surface area contributed by atoms with Gasteiger partial charge in [-0.2, -0.15) is 0 Å². The van der Waals surface area contributed by atoms with Crippen molar-refractivity contribution in [3.63, 3.8) is 0 Å². The molecule has 0 aliphatic rings. The summed E-state index contributed by atoms with van der Waals surface area (Å²) in [5.74, 6) is -0.291. The SMILES string of the molecule is Cc1ccccc1C=CC(=O)NC(=N)NC(C)C. The summed E-state index contributed by atoms with van der Waals surface area (Å²) >= 11 is 0. The summed E-state index contributed by atoms with van der Waals surface area (Å²) in [5, 5.41) is 12.7. The zero-order valence-corrected chi connectivity index (χ0v) is 10.9. The lowest BCUT2D eigenvalue weighted by molar-refractivity contribution is -0.115. The molecule has 0 atom stereocenters. The number of hydrogen-bond acceptors (Lipinski definition) is 2. The van der Waals surface area contributed by atoms with Crippen molar-refractivity contribution >= 4 is 17.9 Å². The van der Waals surface area contributed by atoms with E-state index >= 15 is 0 Å². The summed E-state index contributed by atoms with van der Waals surface area (Å²) < 4.78 is 0. The van der Waals surface area contributed by atoms with Crippen molar-refractivity contribution in [1.29, 1.82) is 5.41 Å². The average molecular weight is 245 g/mol. The van der Waals surface area contributed by atoms with Crippen molar-refractivity contribution in [2.45, 2.75) is 26.8 Å². The van der Waals surface area contributed by atoms with Crippen molar-refractivity contribution in [2.24, 2.45) is 0 Å². The highest BCUT2D eigenvalue weighted by Gasteiger charge is 2.02. The van der Waals surface area contributed by atoms with Gasteiger partial charge in [0.1, 0.15) is 0 Å². The molecule has 1 amide bonds. The van der Waals surface area contributed by atoms with Crippen LogP contribution in [0.1, 0.15) is 25.0 Å². The monoisotopic (exact) mass is 245 g/mol. The zero-order chi connectivity index (χ0) is 13.5. The van der Waals surface area contributed by atoms with Gasteiger partial charge >= 0.3 is 0 Å². The quantitative estimate of drug-likeness (QED) is 0.433. The van der Waals surface area contributed by atoms with E-state index in [4.69, 9.17) is 5.41 Å². The molecule has 3 N–H and O–H groups in total. The maximum absolute atomic E-state index is 11.5. The van der Waals surface area contributed by atoms with Gasteiger partial charge in [0.15, 0.2) is 5.96 Å². The second kappa shape index (κ2) is 6.59. The number of carbonyl (C=O) groups is 1. The summed E-state index contributed by atoms with van der Waals surface area (Å²) in [6.07, 6.45) is 3.17. The molecule has 96 valence electrons. The second-order valence-corrected chi connectivity index (χ2v) is 4.35. The van der Waals surface area contributed by atoms with E-state index in [0.29, 0.717) is 0 Å². The smallest absolute Gasteiger partial charge is 0.250 e. The Kier molecular flexibility index (Phi) is 5.11. The van der Waals surface area contributed by atoms with Crippen LogP contribution in [-0.2, 0) is 4.79 Å². The Hall–Kier alpha value is -2.10. The molecule has 18 heavy (non-hydrogen) atoms. The van der Waals surface area contributed by atoms with Crippen LogP contribution in [-0.4, -0.2) is 17.9 Å². The van der Waals surface area contributed by atoms with Crippen LogP contribution >= 0.6 is 0 Å². The van der Waals surface area contributed by atoms with Gasteiger partial charge in [0.25, 0.3) is 5.91 Å². The van der Waals surface area contributed by atoms with Crippen LogP contribution in [0.2, 0.25) is 0 Å². The minimum absolute atomic E-state index is 0.0180. The molecule has 0 aromatic heterocycles. The first kappa shape index (κ1) is 14.0. The molecule has 1 rings (SSSR count). The Bertz CT molecular complexity index is 464. The minimum Gasteiger partial charge on any atom is -0.354 e. The number of hydrogen-bond donors (Lipinski definition) is 3. The number of amides is 1. The van der Waals surface area contributed by atoms with Crippen LogP contribution in [0.3, 0.4) is 0 Å². The van der Waals surface area contributed by atoms with Gasteiger partial charge in [-0.05, 0) is 38.0 Å². The molecule has 4 heteroatoms. The van der Waals surface area contributed by atoms with E-state index in [1.807, 2.05) is 45.0 Å². The molecule has 0 saturated heterocycles. The number of nitrogens with one attached hydrogen (secondary N) is 3. The molecule has 0 aliphatic heterocycles. The zero-order valence-electron chi connectivity index (χ0n) is 10.9. The lowest BCUT2D eigenvalue weighted by atomic mass is 10.1. The molecule has 4 nitrogen and oxygen atoms in total. The van der Waals surface area contributed by atoms with E-state index in [1.165, 1.54) is 6.08 Å². The molecule has 1 aromatic carbocycles. The summed E-state index contributed by atoms with van der Waals surface area (Å²) in [4.78, 5) is 11.5. The minimum atomic E-state index is -0.309. The van der Waals surface area contributed by atoms with Gasteiger partial charge < -0.3 is 5.32 Å². The fourth-order valence-electron chi connectivity index (χ4n) is 1.43. The molecule has 0 saturated carbocycles. The average Bonchev–Trinajstić information content (AvgIpc) is 2.26. The predicted molar refractivity (Wildman–Crippen MR) is 74.4 cm³/mol. The van der Waals surface area contributed by atoms with Crippen LogP contribution < -0.4 is 10.6 Å². The van der Waals surface area contributed by atoms with Crippen molar-refractivity contribution in [2.75, 3.05) is 0 Å². The van der Waals surface area contributed by atoms with Gasteiger partial charge in [0.2, 0.25) is 0 Å². The fraction of sp³-hybridized carbons (Fsp3) is 0.286. The van der Waals surface area contributed by atoms with E-state index < -0.39 is 0 Å². The highest BCUT2D eigenvalue weighted by atomic mass is 16.1. The van der Waals surface area contributed by atoms with Crippen molar-refractivity contribution in [3.05, 3.63) is 41.5 Å². The van der Waals surface area contributed by atoms with Gasteiger partial charge in [-0.3, -0.25) is 15.5 Å². The van der Waals surface area contributed by atoms with E-state index in [0.717, 1.165) is 11.1 Å². The number of guanidine groups is 1. The van der Waals surface area contributed by atoms with Crippen LogP contribution in [0.5, 0.6) is 0 Å². The first-order chi connectivity index (χ1) is 8.49. The van der Waals surface area contributed by atoms with Gasteiger partial charge in [-0.15, -0.1) is 0 Å². The highest BCUT2D eigenvalue weighted by Crippen LogP contribution is 2.08. The maximum atomic E-state index is 11.5. The second-order valence-electron chi connectivity index (χ2n) is 4.35. The normalized spacial score (nSPS) is 10.7. The summed E-state index contributed by atoms with van der Waals surface area (Å²) in [5.41, 5.74) is 2.10. The Morgan fingerprint density at radius 3 is 2.61 bits per heavy atom. The fourth-order valence-corrected chi connectivity index (χ4v) is 1.43. The Labute approximate surface area is 108 Å². The topological polar surface area (TPSA) is 65.0 Å². The molecule has 0 bridgehead atoms. The molecule has 1 aromatic rings. The largest absolute Gasteiger partial charge is 0.354 e. The first-order valence-electron chi connectivity index (χ1n) is 5.89. The van der Waals surface area contributed by atoms with Crippen LogP contribution in [0, 0.1) is 12.3 Å². The van der Waals surface area contributed by atoms with E-state index in [9.17, 15) is 4.79 Å². The molecule has 0 radical (unpaired) electrons. The van der Waals surface area contributed by atoms with E-state index in [1.54, 1.807) is 6.08 Å². The van der Waals surface area contributed by atoms with E-state index in [2.05, 4.69) is 10.6 Å². The van der Waals surface area contributed by atoms with E-state index in [-0.39, 0.29) is 17.9 Å². The molecule has 0 fully saturated rings. The standard InChI is InChI=1S/C14H19N3O/c1-10(2)16-14(15)17-13(18)9-8-12-7-5-4-6-11(12)3/h4-10H,1-3H3,(H3,15,16,17,18). The van der Waals surface area contributed by atoms with Gasteiger partial charge in [-0.1, -0.05) is 24.3 Å². The third kappa shape index (κ3) is 4.82. The maximum Gasteiger partial charge on any atom is 0.250 e. The predicted octanol–water partition coefficient (Wildman–Crippen LogP) is 2.06. The van der Waals surface area contributed by atoms with Crippen molar-refractivity contribution in [1.82, 2.24) is 10.6 Å². The lowest BCUT2D eigenvalue weighted by Gasteiger charge is -2.10. The molecule has 0 unspecified atom stereocenters. The number of carbonyl (C=O) groups excluding carboxylic acids is 1. The van der Waals surface area contributed by atoms with Gasteiger partial charge in [0, 0.05) is 12.1 Å². The molecule has 0 spiro atoms. The van der Waals surface area contributed by atoms with Crippen molar-refractivity contribution < 1.29 is 4.79 Å². The third-order valence-electron chi connectivity index (χ3n) is 2.28. The molecular formula is C14H19N3O. The summed E-state index contributed by atoms with van der Waals surface area (Å²) in [6.45, 7) is 5.80. The van der Waals surface area contributed by atoms with Crippen LogP contribution in [0.25, 0.3) is 6.08 Å². The van der Waals surface area contributed by atoms with Crippen LogP contribution in [0.4, 0.5) is 0 Å². The first-order valence-corrected chi connectivity index (χ1v) is 5.89. The highest BCUT2D eigenvalue weighted by molar-refractivity contribution is 6.03. The third-order valence-corrected chi connectivity index (χ3v) is 2.28. The number of rotatable bonds is 3. The summed E-state index contributed by atoms with van der Waals surface area (Å²) in [6, 6.07) is 7.93. The van der Waals surface area contributed by atoms with Gasteiger partial charge in [0.05, 0.1) is 0 Å². The molecular weight excluding hydrogens is 226 g/mol. The van der Waals surface area contributed by atoms with Gasteiger partial charge in [-0.25, -0.2) is 0 Å². The Morgan fingerprint density at radius 1 is 1.33 bits per heavy atom. The lowest BCUT2D eigenvalue weighted by Crippen LogP contribution is -2.42. The molecule has 0 heterocycles. The molecule has 0 aliphatic carbocycles. The Balaban J connectivity index is 2.55.